The van der Waals surface area contributed by atoms with Gasteiger partial charge in [-0.25, -0.2) is 0 Å². The topological polar surface area (TPSA) is 111 Å². The molecule has 1 heterocycles. The lowest BCUT2D eigenvalue weighted by molar-refractivity contribution is -0.137. The number of ether oxygens (including phenoxy) is 1. The van der Waals surface area contributed by atoms with Crippen LogP contribution in [-0.2, 0) is 6.18 Å². The number of nitrogens with two attached hydrogens (primary N) is 1. The van der Waals surface area contributed by atoms with Crippen LogP contribution in [0.3, 0.4) is 0 Å². The van der Waals surface area contributed by atoms with Crippen LogP contribution in [0.5, 0.6) is 5.75 Å². The van der Waals surface area contributed by atoms with E-state index >= 15 is 0 Å². The van der Waals surface area contributed by atoms with Crippen LogP contribution in [-0.4, -0.2) is 42.7 Å². The second kappa shape index (κ2) is 8.05. The molecule has 1 aliphatic rings. The summed E-state index contributed by atoms with van der Waals surface area (Å²) in [6, 6.07) is 4.59. The number of hydrogen-bond donors (Lipinski definition) is 3. The summed E-state index contributed by atoms with van der Waals surface area (Å²) in [4.78, 5) is 2.14. The van der Waals surface area contributed by atoms with Gasteiger partial charge < -0.3 is 15.4 Å². The van der Waals surface area contributed by atoms with Gasteiger partial charge in [-0.05, 0) is 38.1 Å². The number of nitrogens with zero attached hydrogens (tertiary/aromatic N) is 3. The molecule has 1 aromatic carbocycles. The predicted octanol–water partition coefficient (Wildman–Crippen LogP) is 2.41. The number of benzene rings is 1. The Kier molecular flexibility index (Phi) is 6.05. The highest BCUT2D eigenvalue weighted by molar-refractivity contribution is 6.45. The van der Waals surface area contributed by atoms with Gasteiger partial charge >= 0.3 is 6.18 Å². The molecule has 1 aromatic rings. The van der Waals surface area contributed by atoms with Gasteiger partial charge in [0.25, 0.3) is 0 Å². The minimum atomic E-state index is -4.54. The number of hydrogen-bond acceptors (Lipinski definition) is 6. The van der Waals surface area contributed by atoms with Gasteiger partial charge in [0, 0.05) is 13.1 Å². The standard InChI is InChI=1S/C16H19F3N6O/c1-25-6-4-11(5-7-25)26-14-3-2-10(16(17,18)19)8-12(14)23-24-13(9-20)15(21)22/h2-3,8,11,23H,4-7H2,1H3,(H3,21,22)/b24-13+. The van der Waals surface area contributed by atoms with Crippen molar-refractivity contribution >= 4 is 17.2 Å². The number of piperidine rings is 1. The normalized spacial score (nSPS) is 16.8. The molecule has 140 valence electrons. The zero-order valence-corrected chi connectivity index (χ0v) is 14.1. The van der Waals surface area contributed by atoms with E-state index in [2.05, 4.69) is 15.4 Å². The van der Waals surface area contributed by atoms with Crippen LogP contribution >= 0.6 is 0 Å². The Morgan fingerprint density at radius 2 is 2.08 bits per heavy atom. The number of nitriles is 1. The van der Waals surface area contributed by atoms with Crippen molar-refractivity contribution in [3.05, 3.63) is 23.8 Å². The first-order chi connectivity index (χ1) is 12.2. The summed E-state index contributed by atoms with van der Waals surface area (Å²) < 4.78 is 44.8. The summed E-state index contributed by atoms with van der Waals surface area (Å²) in [5, 5.41) is 19.7. The lowest BCUT2D eigenvalue weighted by atomic mass is 10.1. The zero-order valence-electron chi connectivity index (χ0n) is 14.1. The average Bonchev–Trinajstić information content (AvgIpc) is 2.57. The smallest absolute Gasteiger partial charge is 0.416 e. The monoisotopic (exact) mass is 368 g/mol. The molecular formula is C16H19F3N6O. The number of hydrazone groups is 1. The summed E-state index contributed by atoms with van der Waals surface area (Å²) in [5.41, 5.74) is 6.18. The molecule has 1 fully saturated rings. The van der Waals surface area contributed by atoms with E-state index in [0.717, 1.165) is 38.1 Å². The van der Waals surface area contributed by atoms with Gasteiger partial charge in [-0.15, -0.1) is 0 Å². The molecule has 0 spiro atoms. The summed E-state index contributed by atoms with van der Waals surface area (Å²) in [5.74, 6) is -0.401. The number of amidine groups is 1. The molecule has 10 heteroatoms. The van der Waals surface area contributed by atoms with Crippen LogP contribution in [0.1, 0.15) is 18.4 Å². The van der Waals surface area contributed by atoms with Gasteiger partial charge in [-0.3, -0.25) is 10.8 Å². The van der Waals surface area contributed by atoms with Gasteiger partial charge in [0.1, 0.15) is 17.9 Å². The van der Waals surface area contributed by atoms with Crippen molar-refractivity contribution in [1.82, 2.24) is 4.90 Å². The SMILES string of the molecule is CN1CCC(Oc2ccc(C(F)(F)F)cc2N/N=C(\C#N)C(=N)N)CC1. The first kappa shape index (κ1) is 19.5. The first-order valence-corrected chi connectivity index (χ1v) is 7.85. The van der Waals surface area contributed by atoms with Crippen LogP contribution in [0.25, 0.3) is 0 Å². The molecule has 2 rings (SSSR count). The fourth-order valence-electron chi connectivity index (χ4n) is 2.44. The maximum atomic E-state index is 13.0. The van der Waals surface area contributed by atoms with Crippen LogP contribution in [0.2, 0.25) is 0 Å². The zero-order chi connectivity index (χ0) is 19.3. The third-order valence-electron chi connectivity index (χ3n) is 3.92. The van der Waals surface area contributed by atoms with Crippen LogP contribution in [0.4, 0.5) is 18.9 Å². The van der Waals surface area contributed by atoms with Crippen molar-refractivity contribution in [1.29, 1.82) is 10.7 Å². The third kappa shape index (κ3) is 5.10. The number of nitrogens with one attached hydrogen (secondary N) is 2. The molecule has 0 radical (unpaired) electrons. The van der Waals surface area contributed by atoms with Gasteiger partial charge in [-0.2, -0.15) is 23.5 Å². The summed E-state index contributed by atoms with van der Waals surface area (Å²) in [6.07, 6.45) is -3.17. The van der Waals surface area contributed by atoms with Crippen molar-refractivity contribution in [2.24, 2.45) is 10.8 Å². The van der Waals surface area contributed by atoms with Gasteiger partial charge in [-0.1, -0.05) is 0 Å². The molecule has 4 N–H and O–H groups in total. The second-order valence-corrected chi connectivity index (χ2v) is 5.93. The Hall–Kier alpha value is -2.80. The lowest BCUT2D eigenvalue weighted by Gasteiger charge is -2.30. The molecule has 0 bridgehead atoms. The highest BCUT2D eigenvalue weighted by Gasteiger charge is 2.31. The second-order valence-electron chi connectivity index (χ2n) is 5.93. The molecule has 1 saturated heterocycles. The molecule has 0 aromatic heterocycles. The molecule has 0 atom stereocenters. The number of likely N-dealkylation sites (tertiary alicyclic amines) is 1. The average molecular weight is 368 g/mol. The van der Waals surface area contributed by atoms with Crippen molar-refractivity contribution in [2.75, 3.05) is 25.6 Å². The van der Waals surface area contributed by atoms with Crippen molar-refractivity contribution in [3.8, 4) is 11.8 Å². The third-order valence-corrected chi connectivity index (χ3v) is 3.92. The minimum absolute atomic E-state index is 0.0484. The molecule has 0 amide bonds. The molecule has 26 heavy (non-hydrogen) atoms. The van der Waals surface area contributed by atoms with Crippen LogP contribution < -0.4 is 15.9 Å². The quantitative estimate of drug-likeness (QED) is 0.420. The predicted molar refractivity (Wildman–Crippen MR) is 91.2 cm³/mol. The van der Waals surface area contributed by atoms with Crippen LogP contribution in [0, 0.1) is 16.7 Å². The van der Waals surface area contributed by atoms with E-state index in [1.54, 1.807) is 6.07 Å². The van der Waals surface area contributed by atoms with E-state index in [1.807, 2.05) is 7.05 Å². The molecular weight excluding hydrogens is 349 g/mol. The summed E-state index contributed by atoms with van der Waals surface area (Å²) >= 11 is 0. The van der Waals surface area contributed by atoms with E-state index in [9.17, 15) is 13.2 Å². The van der Waals surface area contributed by atoms with E-state index in [1.165, 1.54) is 6.07 Å². The Morgan fingerprint density at radius 1 is 1.42 bits per heavy atom. The summed E-state index contributed by atoms with van der Waals surface area (Å²) in [7, 11) is 1.99. The van der Waals surface area contributed by atoms with Gasteiger partial charge in [0.15, 0.2) is 5.84 Å². The Bertz CT molecular complexity index is 732. The molecule has 1 aliphatic heterocycles. The first-order valence-electron chi connectivity index (χ1n) is 7.85. The Labute approximate surface area is 148 Å². The highest BCUT2D eigenvalue weighted by Crippen LogP contribution is 2.36. The maximum absolute atomic E-state index is 13.0. The molecule has 7 nitrogen and oxygen atoms in total. The highest BCUT2D eigenvalue weighted by atomic mass is 19.4. The molecule has 0 saturated carbocycles. The van der Waals surface area contributed by atoms with Gasteiger partial charge in [0.05, 0.1) is 11.3 Å². The van der Waals surface area contributed by atoms with E-state index in [4.69, 9.17) is 21.1 Å². The van der Waals surface area contributed by atoms with Crippen molar-refractivity contribution in [2.45, 2.75) is 25.1 Å². The maximum Gasteiger partial charge on any atom is 0.416 e. The molecule has 0 aliphatic carbocycles. The summed E-state index contributed by atoms with van der Waals surface area (Å²) in [6.45, 7) is 1.66. The van der Waals surface area contributed by atoms with E-state index in [0.29, 0.717) is 0 Å². The van der Waals surface area contributed by atoms with E-state index < -0.39 is 23.3 Å². The van der Waals surface area contributed by atoms with Crippen molar-refractivity contribution in [3.63, 3.8) is 0 Å². The number of anilines is 1. The van der Waals surface area contributed by atoms with Crippen molar-refractivity contribution < 1.29 is 17.9 Å². The fourth-order valence-corrected chi connectivity index (χ4v) is 2.44. The van der Waals surface area contributed by atoms with E-state index in [-0.39, 0.29) is 17.5 Å². The Morgan fingerprint density at radius 3 is 2.62 bits per heavy atom. The minimum Gasteiger partial charge on any atom is -0.488 e. The Balaban J connectivity index is 2.28. The number of halogens is 3. The van der Waals surface area contributed by atoms with Gasteiger partial charge in [0.2, 0.25) is 5.71 Å². The fraction of sp³-hybridized carbons (Fsp3) is 0.438. The van der Waals surface area contributed by atoms with Crippen LogP contribution in [0.15, 0.2) is 23.3 Å². The number of alkyl halides is 3. The largest absolute Gasteiger partial charge is 0.488 e. The lowest BCUT2D eigenvalue weighted by Crippen LogP contribution is -2.35. The molecule has 0 unspecified atom stereocenters. The number of rotatable bonds is 5.